The third kappa shape index (κ3) is 3.52. The highest BCUT2D eigenvalue weighted by Gasteiger charge is 2.13. The second-order valence-corrected chi connectivity index (χ2v) is 6.98. The fourth-order valence-electron chi connectivity index (χ4n) is 2.64. The Hall–Kier alpha value is -2.93. The molecule has 0 atom stereocenters. The Labute approximate surface area is 155 Å². The second kappa shape index (κ2) is 7.13. The van der Waals surface area contributed by atoms with Crippen molar-refractivity contribution in [2.24, 2.45) is 0 Å². The summed E-state index contributed by atoms with van der Waals surface area (Å²) in [5, 5.41) is 13.9. The van der Waals surface area contributed by atoms with Gasteiger partial charge in [-0.1, -0.05) is 35.6 Å². The molecule has 6 nitrogen and oxygen atoms in total. The van der Waals surface area contributed by atoms with Gasteiger partial charge < -0.3 is 9.47 Å². The van der Waals surface area contributed by atoms with Crippen molar-refractivity contribution in [2.75, 3.05) is 7.11 Å². The van der Waals surface area contributed by atoms with Crippen LogP contribution in [0.3, 0.4) is 0 Å². The summed E-state index contributed by atoms with van der Waals surface area (Å²) in [6, 6.07) is 15.9. The van der Waals surface area contributed by atoms with Crippen LogP contribution in [0.5, 0.6) is 11.5 Å². The number of aromatic nitrogens is 4. The molecule has 0 amide bonds. The molecule has 7 heteroatoms. The van der Waals surface area contributed by atoms with Crippen LogP contribution in [0, 0.1) is 6.92 Å². The molecular formula is C19H18N4O2S. The molecule has 0 N–H and O–H groups in total. The highest BCUT2D eigenvalue weighted by Crippen LogP contribution is 2.20. The minimum Gasteiger partial charge on any atom is -0.497 e. The number of hydrogen-bond donors (Lipinski definition) is 0. The number of methoxy groups -OCH3 is 1. The van der Waals surface area contributed by atoms with Gasteiger partial charge in [-0.2, -0.15) is 9.61 Å². The number of rotatable bonds is 6. The maximum Gasteiger partial charge on any atom is 0.234 e. The van der Waals surface area contributed by atoms with Crippen molar-refractivity contribution in [1.29, 1.82) is 0 Å². The summed E-state index contributed by atoms with van der Waals surface area (Å²) >= 11 is 1.49. The van der Waals surface area contributed by atoms with Gasteiger partial charge in [0.05, 0.1) is 7.11 Å². The van der Waals surface area contributed by atoms with Crippen molar-refractivity contribution in [3.63, 3.8) is 0 Å². The molecule has 0 radical (unpaired) electrons. The van der Waals surface area contributed by atoms with E-state index in [0.29, 0.717) is 13.0 Å². The number of fused-ring (bicyclic) bond motifs is 1. The number of aryl methyl sites for hydroxylation is 1. The van der Waals surface area contributed by atoms with E-state index in [1.165, 1.54) is 16.9 Å². The quantitative estimate of drug-likeness (QED) is 0.521. The minimum atomic E-state index is 0.416. The van der Waals surface area contributed by atoms with Gasteiger partial charge in [0.2, 0.25) is 4.96 Å². The Morgan fingerprint density at radius 2 is 1.88 bits per heavy atom. The molecule has 0 saturated heterocycles. The van der Waals surface area contributed by atoms with E-state index in [1.807, 2.05) is 55.5 Å². The van der Waals surface area contributed by atoms with E-state index < -0.39 is 0 Å². The largest absolute Gasteiger partial charge is 0.497 e. The van der Waals surface area contributed by atoms with Gasteiger partial charge in [0, 0.05) is 6.42 Å². The maximum absolute atomic E-state index is 5.83. The van der Waals surface area contributed by atoms with Crippen LogP contribution < -0.4 is 9.47 Å². The third-order valence-electron chi connectivity index (χ3n) is 3.97. The maximum atomic E-state index is 5.83. The first-order valence-electron chi connectivity index (χ1n) is 8.23. The molecule has 132 valence electrons. The van der Waals surface area contributed by atoms with Crippen LogP contribution in [0.15, 0.2) is 48.5 Å². The molecule has 0 aliphatic carbocycles. The zero-order valence-electron chi connectivity index (χ0n) is 14.5. The van der Waals surface area contributed by atoms with Crippen molar-refractivity contribution in [3.05, 3.63) is 70.5 Å². The van der Waals surface area contributed by atoms with E-state index in [1.54, 1.807) is 11.6 Å². The van der Waals surface area contributed by atoms with E-state index in [-0.39, 0.29) is 0 Å². The molecule has 0 saturated carbocycles. The van der Waals surface area contributed by atoms with Crippen LogP contribution in [0.2, 0.25) is 0 Å². The molecular weight excluding hydrogens is 348 g/mol. The second-order valence-electron chi connectivity index (χ2n) is 5.94. The zero-order valence-corrected chi connectivity index (χ0v) is 15.4. The average molecular weight is 366 g/mol. The van der Waals surface area contributed by atoms with Crippen molar-refractivity contribution in [3.8, 4) is 11.5 Å². The van der Waals surface area contributed by atoms with Gasteiger partial charge in [-0.05, 0) is 42.3 Å². The Morgan fingerprint density at radius 1 is 1.04 bits per heavy atom. The smallest absolute Gasteiger partial charge is 0.234 e. The molecule has 0 spiro atoms. The summed E-state index contributed by atoms with van der Waals surface area (Å²) in [4.78, 5) is 0.774. The Bertz CT molecular complexity index is 1020. The van der Waals surface area contributed by atoms with E-state index in [9.17, 15) is 0 Å². The van der Waals surface area contributed by atoms with Crippen LogP contribution >= 0.6 is 11.3 Å². The van der Waals surface area contributed by atoms with Crippen molar-refractivity contribution < 1.29 is 9.47 Å². The molecule has 0 fully saturated rings. The number of hydrogen-bond acceptors (Lipinski definition) is 6. The third-order valence-corrected chi connectivity index (χ3v) is 4.84. The van der Waals surface area contributed by atoms with Gasteiger partial charge in [0.1, 0.15) is 18.1 Å². The number of nitrogens with zero attached hydrogens (tertiary/aromatic N) is 4. The molecule has 0 unspecified atom stereocenters. The van der Waals surface area contributed by atoms with Gasteiger partial charge >= 0.3 is 0 Å². The van der Waals surface area contributed by atoms with E-state index in [4.69, 9.17) is 9.47 Å². The first-order chi connectivity index (χ1) is 12.7. The van der Waals surface area contributed by atoms with E-state index in [2.05, 4.69) is 15.3 Å². The number of ether oxygens (including phenoxy) is 2. The van der Waals surface area contributed by atoms with Crippen molar-refractivity contribution in [1.82, 2.24) is 19.8 Å². The fraction of sp³-hybridized carbons (Fsp3) is 0.211. The normalized spacial score (nSPS) is 11.0. The zero-order chi connectivity index (χ0) is 17.9. The topological polar surface area (TPSA) is 61.5 Å². The van der Waals surface area contributed by atoms with Crippen molar-refractivity contribution in [2.45, 2.75) is 20.0 Å². The molecule has 2 aromatic heterocycles. The summed E-state index contributed by atoms with van der Waals surface area (Å²) in [7, 11) is 1.66. The lowest BCUT2D eigenvalue weighted by Gasteiger charge is -2.04. The fourth-order valence-corrected chi connectivity index (χ4v) is 3.41. The summed E-state index contributed by atoms with van der Waals surface area (Å²) in [5.41, 5.74) is 2.30. The lowest BCUT2D eigenvalue weighted by Crippen LogP contribution is -2.00. The molecule has 4 rings (SSSR count). The van der Waals surface area contributed by atoms with Gasteiger partial charge in [-0.3, -0.25) is 0 Å². The standard InChI is InChI=1S/C19H18N4O2S/c1-13-4-3-5-16(10-13)25-12-18-22-23-17(20-21-19(23)26-18)11-14-6-8-15(24-2)9-7-14/h3-10H,11-12H2,1-2H3. The van der Waals surface area contributed by atoms with Crippen LogP contribution in [0.25, 0.3) is 4.96 Å². The highest BCUT2D eigenvalue weighted by molar-refractivity contribution is 7.16. The first-order valence-corrected chi connectivity index (χ1v) is 9.05. The molecule has 2 heterocycles. The van der Waals surface area contributed by atoms with E-state index in [0.717, 1.165) is 32.9 Å². The molecule has 4 aromatic rings. The van der Waals surface area contributed by atoms with Gasteiger partial charge in [0.15, 0.2) is 10.8 Å². The summed E-state index contributed by atoms with van der Waals surface area (Å²) in [6.45, 7) is 2.46. The Morgan fingerprint density at radius 3 is 2.65 bits per heavy atom. The van der Waals surface area contributed by atoms with Crippen molar-refractivity contribution >= 4 is 16.3 Å². The predicted molar refractivity (Wildman–Crippen MR) is 100.0 cm³/mol. The van der Waals surface area contributed by atoms with Crippen LogP contribution in [-0.4, -0.2) is 26.9 Å². The van der Waals surface area contributed by atoms with Crippen LogP contribution in [-0.2, 0) is 13.0 Å². The predicted octanol–water partition coefficient (Wildman–Crippen LogP) is 3.67. The van der Waals surface area contributed by atoms with Gasteiger partial charge in [-0.15, -0.1) is 10.2 Å². The highest BCUT2D eigenvalue weighted by atomic mass is 32.1. The Balaban J connectivity index is 1.49. The molecule has 0 bridgehead atoms. The van der Waals surface area contributed by atoms with Gasteiger partial charge in [-0.25, -0.2) is 0 Å². The van der Waals surface area contributed by atoms with Gasteiger partial charge in [0.25, 0.3) is 0 Å². The summed E-state index contributed by atoms with van der Waals surface area (Å²) in [6.07, 6.45) is 0.660. The Kier molecular flexibility index (Phi) is 4.53. The molecule has 2 aromatic carbocycles. The number of benzene rings is 2. The minimum absolute atomic E-state index is 0.416. The lowest BCUT2D eigenvalue weighted by atomic mass is 10.1. The molecule has 0 aliphatic heterocycles. The van der Waals surface area contributed by atoms with E-state index >= 15 is 0 Å². The van der Waals surface area contributed by atoms with Crippen LogP contribution in [0.4, 0.5) is 0 Å². The molecule has 26 heavy (non-hydrogen) atoms. The monoisotopic (exact) mass is 366 g/mol. The van der Waals surface area contributed by atoms with Crippen LogP contribution in [0.1, 0.15) is 22.0 Å². The lowest BCUT2D eigenvalue weighted by molar-refractivity contribution is 0.304. The first kappa shape index (κ1) is 16.5. The molecule has 0 aliphatic rings. The summed E-state index contributed by atoms with van der Waals surface area (Å²) < 4.78 is 12.8. The summed E-state index contributed by atoms with van der Waals surface area (Å²) in [5.74, 6) is 2.49. The average Bonchev–Trinajstić information content (AvgIpc) is 3.22. The SMILES string of the molecule is COc1ccc(Cc2nnc3sc(COc4cccc(C)c4)nn23)cc1.